The van der Waals surface area contributed by atoms with Crippen LogP contribution in [0.15, 0.2) is 156 Å². The van der Waals surface area contributed by atoms with E-state index in [9.17, 15) is 4.57 Å². The van der Waals surface area contributed by atoms with E-state index in [4.69, 9.17) is 14.4 Å². The average molecular weight is 627 g/mol. The van der Waals surface area contributed by atoms with Gasteiger partial charge in [0.25, 0.3) is 0 Å². The molecule has 8 aromatic rings. The van der Waals surface area contributed by atoms with Gasteiger partial charge < -0.3 is 8.98 Å². The molecular weight excluding hydrogens is 595 g/mol. The Morgan fingerprint density at radius 1 is 0.426 bits per heavy atom. The largest absolute Gasteiger partial charge is 0.456 e. The number of furan rings is 1. The third kappa shape index (κ3) is 5.48. The first-order valence-corrected chi connectivity index (χ1v) is 18.2. The molecule has 0 atom stereocenters. The van der Waals surface area contributed by atoms with Crippen LogP contribution in [-0.2, 0) is 4.57 Å². The monoisotopic (exact) mass is 626 g/mol. The van der Waals surface area contributed by atoms with Crippen molar-refractivity contribution in [2.24, 2.45) is 0 Å². The lowest BCUT2D eigenvalue weighted by Gasteiger charge is -2.16. The van der Waals surface area contributed by atoms with Gasteiger partial charge in [0.2, 0.25) is 0 Å². The highest BCUT2D eigenvalue weighted by Gasteiger charge is 2.21. The normalized spacial score (nSPS) is 11.7. The number of benzene rings is 6. The Morgan fingerprint density at radius 3 is 1.55 bits per heavy atom. The average Bonchev–Trinajstić information content (AvgIpc) is 3.50. The van der Waals surface area contributed by atoms with Crippen LogP contribution in [0, 0.1) is 0 Å². The third-order valence-corrected chi connectivity index (χ3v) is 10.1. The molecule has 4 nitrogen and oxygen atoms in total. The molecule has 5 heteroatoms. The quantitative estimate of drug-likeness (QED) is 0.172. The van der Waals surface area contributed by atoms with Gasteiger partial charge in [-0.25, -0.2) is 9.97 Å². The minimum atomic E-state index is -2.37. The van der Waals surface area contributed by atoms with Gasteiger partial charge in [-0.1, -0.05) is 121 Å². The summed E-state index contributed by atoms with van der Waals surface area (Å²) in [5.74, 6) is 0. The smallest absolute Gasteiger partial charge is 0.135 e. The van der Waals surface area contributed by atoms with Gasteiger partial charge in [0.05, 0.1) is 22.8 Å². The van der Waals surface area contributed by atoms with E-state index in [1.807, 2.05) is 92.2 Å². The van der Waals surface area contributed by atoms with Crippen molar-refractivity contribution in [2.75, 3.05) is 13.3 Å². The molecule has 0 N–H and O–H groups in total. The van der Waals surface area contributed by atoms with Gasteiger partial charge in [0.15, 0.2) is 0 Å². The van der Waals surface area contributed by atoms with Crippen LogP contribution < -0.4 is 5.30 Å². The van der Waals surface area contributed by atoms with Crippen LogP contribution in [0.3, 0.4) is 0 Å². The molecule has 6 aromatic carbocycles. The Kier molecular flexibility index (Phi) is 7.16. The summed E-state index contributed by atoms with van der Waals surface area (Å²) in [5.41, 5.74) is 11.0. The maximum atomic E-state index is 12.8. The van der Waals surface area contributed by atoms with Crippen LogP contribution in [0.1, 0.15) is 0 Å². The Balaban J connectivity index is 1.33. The second-order valence-corrected chi connectivity index (χ2v) is 15.4. The Labute approximate surface area is 273 Å². The number of fused-ring (bicyclic) bond motifs is 3. The van der Waals surface area contributed by atoms with E-state index in [0.29, 0.717) is 0 Å². The fourth-order valence-corrected chi connectivity index (χ4v) is 7.04. The molecule has 0 amide bonds. The van der Waals surface area contributed by atoms with Gasteiger partial charge in [0.1, 0.15) is 18.3 Å². The molecule has 0 unspecified atom stereocenters. The second-order valence-electron chi connectivity index (χ2n) is 12.1. The number of rotatable bonds is 6. The number of hydrogen-bond donors (Lipinski definition) is 0. The highest BCUT2D eigenvalue weighted by molar-refractivity contribution is 7.70. The molecule has 0 fully saturated rings. The Hall–Kier alpha value is -5.57. The van der Waals surface area contributed by atoms with Crippen LogP contribution >= 0.6 is 7.14 Å². The van der Waals surface area contributed by atoms with E-state index in [0.717, 1.165) is 83.4 Å². The SMILES string of the molecule is CP(C)(=O)c1cccc(-c2ccc(-c3nc(-c4ccccc4)c(-c4ccc5oc6ccccc6c5c4)nc3-c3ccccc3)cc2)c1. The summed E-state index contributed by atoms with van der Waals surface area (Å²) < 4.78 is 18.9. The van der Waals surface area contributed by atoms with E-state index in [-0.39, 0.29) is 0 Å². The maximum Gasteiger partial charge on any atom is 0.135 e. The van der Waals surface area contributed by atoms with Crippen LogP contribution in [0.5, 0.6) is 0 Å². The molecule has 0 saturated carbocycles. The van der Waals surface area contributed by atoms with Crippen molar-refractivity contribution < 1.29 is 8.98 Å². The van der Waals surface area contributed by atoms with Crippen molar-refractivity contribution in [3.63, 3.8) is 0 Å². The van der Waals surface area contributed by atoms with Crippen molar-refractivity contribution in [1.82, 2.24) is 9.97 Å². The van der Waals surface area contributed by atoms with Gasteiger partial charge >= 0.3 is 0 Å². The van der Waals surface area contributed by atoms with E-state index in [2.05, 4.69) is 72.8 Å². The number of hydrogen-bond acceptors (Lipinski definition) is 4. The van der Waals surface area contributed by atoms with Gasteiger partial charge in [-0.2, -0.15) is 0 Å². The zero-order valence-electron chi connectivity index (χ0n) is 26.1. The van der Waals surface area contributed by atoms with E-state index >= 15 is 0 Å². The lowest BCUT2D eigenvalue weighted by molar-refractivity contribution is 0.588. The van der Waals surface area contributed by atoms with Crippen LogP contribution in [-0.4, -0.2) is 23.3 Å². The molecule has 47 heavy (non-hydrogen) atoms. The third-order valence-electron chi connectivity index (χ3n) is 8.60. The minimum absolute atomic E-state index is 0.806. The molecular formula is C42H31N2O2P. The van der Waals surface area contributed by atoms with Gasteiger partial charge in [-0.05, 0) is 54.8 Å². The van der Waals surface area contributed by atoms with Gasteiger partial charge in [-0.3, -0.25) is 0 Å². The summed E-state index contributed by atoms with van der Waals surface area (Å²) in [6, 6.07) is 51.3. The molecule has 8 rings (SSSR count). The predicted octanol–water partition coefficient (Wildman–Crippen LogP) is 11.0. The lowest BCUT2D eigenvalue weighted by atomic mass is 9.97. The number of aromatic nitrogens is 2. The molecule has 0 spiro atoms. The molecule has 2 heterocycles. The van der Waals surface area contributed by atoms with E-state index in [1.54, 1.807) is 0 Å². The second kappa shape index (κ2) is 11.7. The summed E-state index contributed by atoms with van der Waals surface area (Å²) in [5, 5.41) is 3.00. The summed E-state index contributed by atoms with van der Waals surface area (Å²) in [6.07, 6.45) is 0. The first kappa shape index (κ1) is 28.9. The molecule has 0 radical (unpaired) electrons. The highest BCUT2D eigenvalue weighted by atomic mass is 31.2. The molecule has 0 aliphatic carbocycles. The van der Waals surface area contributed by atoms with Crippen LogP contribution in [0.2, 0.25) is 0 Å². The number of nitrogens with zero attached hydrogens (tertiary/aromatic N) is 2. The fourth-order valence-electron chi connectivity index (χ4n) is 6.15. The van der Waals surface area contributed by atoms with Crippen molar-refractivity contribution >= 4 is 34.4 Å². The molecule has 226 valence electrons. The van der Waals surface area contributed by atoms with Crippen LogP contribution in [0.4, 0.5) is 0 Å². The Morgan fingerprint density at radius 2 is 0.915 bits per heavy atom. The molecule has 0 saturated heterocycles. The summed E-state index contributed by atoms with van der Waals surface area (Å²) in [6.45, 7) is 3.62. The first-order chi connectivity index (χ1) is 22.9. The number of para-hydroxylation sites is 1. The van der Waals surface area contributed by atoms with Crippen molar-refractivity contribution in [3.8, 4) is 56.2 Å². The highest BCUT2D eigenvalue weighted by Crippen LogP contribution is 2.40. The van der Waals surface area contributed by atoms with Gasteiger partial charge in [0, 0.05) is 38.3 Å². The van der Waals surface area contributed by atoms with Crippen molar-refractivity contribution in [2.45, 2.75) is 0 Å². The maximum absolute atomic E-state index is 12.8. The summed E-state index contributed by atoms with van der Waals surface area (Å²) in [7, 11) is -2.37. The van der Waals surface area contributed by atoms with E-state index in [1.165, 1.54) is 0 Å². The Bertz CT molecular complexity index is 2440. The first-order valence-electron chi connectivity index (χ1n) is 15.6. The standard InChI is InChI=1S/C42H31N2O2P/c1-47(2,45)34-17-11-16-32(26-34)28-20-22-31(23-21-28)41-39(29-12-5-3-6-13-29)44-42(40(43-41)30-14-7-4-8-15-30)33-24-25-38-36(27-33)35-18-9-10-19-37(35)46-38/h3-27H,1-2H3. The summed E-state index contributed by atoms with van der Waals surface area (Å²) in [4.78, 5) is 10.9. The molecule has 0 aliphatic rings. The summed E-state index contributed by atoms with van der Waals surface area (Å²) >= 11 is 0. The topological polar surface area (TPSA) is 56.0 Å². The zero-order valence-corrected chi connectivity index (χ0v) is 27.0. The molecule has 0 bridgehead atoms. The molecule has 0 aliphatic heterocycles. The fraction of sp³-hybridized carbons (Fsp3) is 0.0476. The minimum Gasteiger partial charge on any atom is -0.456 e. The predicted molar refractivity (Wildman–Crippen MR) is 196 cm³/mol. The lowest BCUT2D eigenvalue weighted by Crippen LogP contribution is -2.02. The zero-order chi connectivity index (χ0) is 32.0. The van der Waals surface area contributed by atoms with Crippen molar-refractivity contribution in [1.29, 1.82) is 0 Å². The van der Waals surface area contributed by atoms with E-state index < -0.39 is 7.14 Å². The van der Waals surface area contributed by atoms with Crippen LogP contribution in [0.25, 0.3) is 78.1 Å². The van der Waals surface area contributed by atoms with Gasteiger partial charge in [-0.15, -0.1) is 0 Å². The van der Waals surface area contributed by atoms with Crippen molar-refractivity contribution in [3.05, 3.63) is 152 Å². The molecule has 2 aromatic heterocycles.